The Morgan fingerprint density at radius 3 is 2.42 bits per heavy atom. The van der Waals surface area contributed by atoms with E-state index >= 15 is 0 Å². The number of ether oxygens (including phenoxy) is 1. The summed E-state index contributed by atoms with van der Waals surface area (Å²) < 4.78 is 34.6. The standard InChI is InChI=1S/C17H28N2O6S/c1-11(20)16(2,3)13-10-14(19-25-13)18-15(21)17(4,5)26(22,23)12-6-8-24-9-7-12/h10-12,20H,6-9H2,1-5H3,(H,18,19,21)/t11-/m0/s1. The molecule has 1 aliphatic rings. The maximum Gasteiger partial charge on any atom is 0.246 e. The summed E-state index contributed by atoms with van der Waals surface area (Å²) in [6.45, 7) is 8.74. The van der Waals surface area contributed by atoms with Crippen molar-refractivity contribution in [1.82, 2.24) is 5.16 Å². The van der Waals surface area contributed by atoms with E-state index in [0.29, 0.717) is 31.8 Å². The summed E-state index contributed by atoms with van der Waals surface area (Å²) in [7, 11) is -3.71. The van der Waals surface area contributed by atoms with E-state index in [2.05, 4.69) is 10.5 Å². The lowest BCUT2D eigenvalue weighted by Gasteiger charge is -2.30. The van der Waals surface area contributed by atoms with E-state index in [9.17, 15) is 18.3 Å². The highest BCUT2D eigenvalue weighted by molar-refractivity contribution is 7.94. The Hall–Kier alpha value is -1.45. The molecule has 1 fully saturated rings. The molecule has 8 nitrogen and oxygen atoms in total. The Morgan fingerprint density at radius 1 is 1.31 bits per heavy atom. The molecule has 2 heterocycles. The van der Waals surface area contributed by atoms with Gasteiger partial charge in [-0.15, -0.1) is 0 Å². The van der Waals surface area contributed by atoms with Crippen LogP contribution in [0.25, 0.3) is 0 Å². The maximum atomic E-state index is 12.9. The molecule has 0 aromatic carbocycles. The van der Waals surface area contributed by atoms with Gasteiger partial charge in [-0.1, -0.05) is 19.0 Å². The normalized spacial score (nSPS) is 18.5. The van der Waals surface area contributed by atoms with Gasteiger partial charge in [0, 0.05) is 19.3 Å². The SMILES string of the molecule is C[C@H](O)C(C)(C)c1cc(NC(=O)C(C)(C)S(=O)(=O)C2CCOCC2)no1. The van der Waals surface area contributed by atoms with Crippen molar-refractivity contribution in [2.24, 2.45) is 0 Å². The molecule has 2 rings (SSSR count). The molecule has 1 aromatic rings. The fourth-order valence-corrected chi connectivity index (χ4v) is 4.60. The van der Waals surface area contributed by atoms with Crippen LogP contribution in [0.4, 0.5) is 5.82 Å². The second-order valence-electron chi connectivity index (χ2n) is 7.80. The third-order valence-corrected chi connectivity index (χ3v) is 8.25. The summed E-state index contributed by atoms with van der Waals surface area (Å²) in [5, 5.41) is 15.5. The molecule has 1 aromatic heterocycles. The molecule has 0 bridgehead atoms. The van der Waals surface area contributed by atoms with Crippen molar-refractivity contribution in [2.45, 2.75) is 69.0 Å². The smallest absolute Gasteiger partial charge is 0.246 e. The lowest BCUT2D eigenvalue weighted by molar-refractivity contribution is -0.117. The number of aromatic nitrogens is 1. The summed E-state index contributed by atoms with van der Waals surface area (Å²) >= 11 is 0. The van der Waals surface area contributed by atoms with Crippen LogP contribution in [0.3, 0.4) is 0 Å². The number of carbonyl (C=O) groups excluding carboxylic acids is 1. The van der Waals surface area contributed by atoms with Crippen molar-refractivity contribution in [2.75, 3.05) is 18.5 Å². The fourth-order valence-electron chi connectivity index (χ4n) is 2.64. The van der Waals surface area contributed by atoms with E-state index in [4.69, 9.17) is 9.26 Å². The van der Waals surface area contributed by atoms with Gasteiger partial charge in [0.05, 0.1) is 16.8 Å². The summed E-state index contributed by atoms with van der Waals surface area (Å²) in [5.74, 6) is -0.152. The van der Waals surface area contributed by atoms with Gasteiger partial charge in [0.1, 0.15) is 10.5 Å². The van der Waals surface area contributed by atoms with Gasteiger partial charge in [-0.25, -0.2) is 8.42 Å². The molecule has 0 radical (unpaired) electrons. The first-order chi connectivity index (χ1) is 11.9. The van der Waals surface area contributed by atoms with Gasteiger partial charge < -0.3 is 19.7 Å². The number of aliphatic hydroxyl groups is 1. The van der Waals surface area contributed by atoms with Crippen LogP contribution >= 0.6 is 0 Å². The number of nitrogens with zero attached hydrogens (tertiary/aromatic N) is 1. The molecule has 2 N–H and O–H groups in total. The van der Waals surface area contributed by atoms with Gasteiger partial charge in [0.2, 0.25) is 5.91 Å². The lowest BCUT2D eigenvalue weighted by Crippen LogP contribution is -2.50. The summed E-state index contributed by atoms with van der Waals surface area (Å²) in [6.07, 6.45) is 0.0789. The molecule has 1 atom stereocenters. The Kier molecular flexibility index (Phi) is 5.84. The molecule has 9 heteroatoms. The van der Waals surface area contributed by atoms with Gasteiger partial charge in [0.25, 0.3) is 0 Å². The third-order valence-electron chi connectivity index (χ3n) is 5.30. The first-order valence-corrected chi connectivity index (χ1v) is 10.2. The van der Waals surface area contributed by atoms with Crippen LogP contribution in [0.5, 0.6) is 0 Å². The molecule has 0 unspecified atom stereocenters. The molecule has 0 aliphatic carbocycles. The Bertz CT molecular complexity index is 745. The van der Waals surface area contributed by atoms with Crippen LogP contribution in [-0.4, -0.2) is 53.9 Å². The molecule has 0 spiro atoms. The number of hydrogen-bond acceptors (Lipinski definition) is 7. The Labute approximate surface area is 154 Å². The van der Waals surface area contributed by atoms with E-state index in [0.717, 1.165) is 0 Å². The van der Waals surface area contributed by atoms with Crippen LogP contribution in [0, 0.1) is 0 Å². The third kappa shape index (κ3) is 3.79. The number of amides is 1. The first kappa shape index (κ1) is 20.9. The predicted molar refractivity (Wildman–Crippen MR) is 96.7 cm³/mol. The van der Waals surface area contributed by atoms with Crippen molar-refractivity contribution in [3.63, 3.8) is 0 Å². The fraction of sp³-hybridized carbons (Fsp3) is 0.765. The van der Waals surface area contributed by atoms with E-state index in [1.165, 1.54) is 19.9 Å². The predicted octanol–water partition coefficient (Wildman–Crippen LogP) is 1.64. The van der Waals surface area contributed by atoms with Crippen molar-refractivity contribution in [1.29, 1.82) is 0 Å². The average molecular weight is 388 g/mol. The first-order valence-electron chi connectivity index (χ1n) is 8.68. The van der Waals surface area contributed by atoms with Crippen LogP contribution in [0.1, 0.15) is 53.2 Å². The zero-order valence-corrected chi connectivity index (χ0v) is 16.7. The number of anilines is 1. The zero-order valence-electron chi connectivity index (χ0n) is 15.9. The van der Waals surface area contributed by atoms with Crippen molar-refractivity contribution >= 4 is 21.6 Å². The number of nitrogens with one attached hydrogen (secondary N) is 1. The molecule has 1 aliphatic heterocycles. The summed E-state index contributed by atoms with van der Waals surface area (Å²) in [4.78, 5) is 12.7. The second kappa shape index (κ2) is 7.28. The van der Waals surface area contributed by atoms with Gasteiger partial charge in [-0.2, -0.15) is 0 Å². The van der Waals surface area contributed by atoms with Gasteiger partial charge >= 0.3 is 0 Å². The molecular weight excluding hydrogens is 360 g/mol. The van der Waals surface area contributed by atoms with Crippen molar-refractivity contribution in [3.8, 4) is 0 Å². The minimum absolute atomic E-state index is 0.119. The van der Waals surface area contributed by atoms with Crippen LogP contribution in [-0.2, 0) is 24.8 Å². The number of hydrogen-bond donors (Lipinski definition) is 2. The molecule has 26 heavy (non-hydrogen) atoms. The number of carbonyl (C=O) groups is 1. The van der Waals surface area contributed by atoms with E-state index in [-0.39, 0.29) is 5.82 Å². The van der Waals surface area contributed by atoms with Gasteiger partial charge in [-0.05, 0) is 33.6 Å². The molecule has 1 amide bonds. The zero-order chi connectivity index (χ0) is 19.8. The minimum atomic E-state index is -3.71. The Balaban J connectivity index is 2.17. The maximum absolute atomic E-state index is 12.9. The Morgan fingerprint density at radius 2 is 1.88 bits per heavy atom. The highest BCUT2D eigenvalue weighted by atomic mass is 32.2. The molecule has 148 valence electrons. The number of aliphatic hydroxyl groups excluding tert-OH is 1. The monoisotopic (exact) mass is 388 g/mol. The number of rotatable bonds is 6. The van der Waals surface area contributed by atoms with Crippen LogP contribution in [0.15, 0.2) is 10.6 Å². The van der Waals surface area contributed by atoms with E-state index in [1.54, 1.807) is 20.8 Å². The molecule has 1 saturated heterocycles. The van der Waals surface area contributed by atoms with Gasteiger partial charge in [0.15, 0.2) is 15.7 Å². The average Bonchev–Trinajstić information content (AvgIpc) is 3.04. The summed E-state index contributed by atoms with van der Waals surface area (Å²) in [5.41, 5.74) is -0.695. The highest BCUT2D eigenvalue weighted by Crippen LogP contribution is 2.31. The van der Waals surface area contributed by atoms with Crippen LogP contribution < -0.4 is 5.32 Å². The van der Waals surface area contributed by atoms with Crippen molar-refractivity contribution in [3.05, 3.63) is 11.8 Å². The highest BCUT2D eigenvalue weighted by Gasteiger charge is 2.47. The van der Waals surface area contributed by atoms with E-state index in [1.807, 2.05) is 0 Å². The molecule has 0 saturated carbocycles. The second-order valence-corrected chi connectivity index (χ2v) is 10.6. The van der Waals surface area contributed by atoms with Crippen molar-refractivity contribution < 1.29 is 27.6 Å². The summed E-state index contributed by atoms with van der Waals surface area (Å²) in [6, 6.07) is 1.50. The quantitative estimate of drug-likeness (QED) is 0.760. The minimum Gasteiger partial charge on any atom is -0.392 e. The van der Waals surface area contributed by atoms with Gasteiger partial charge in [-0.3, -0.25) is 4.79 Å². The van der Waals surface area contributed by atoms with E-state index < -0.39 is 37.3 Å². The largest absolute Gasteiger partial charge is 0.392 e. The topological polar surface area (TPSA) is 119 Å². The van der Waals surface area contributed by atoms with Crippen LogP contribution in [0.2, 0.25) is 0 Å². The molecular formula is C17H28N2O6S. The number of sulfone groups is 1. The lowest BCUT2D eigenvalue weighted by atomic mass is 9.85.